The smallest absolute Gasteiger partial charge is 0.223 e. The lowest BCUT2D eigenvalue weighted by atomic mass is 9.77. The summed E-state index contributed by atoms with van der Waals surface area (Å²) >= 11 is 0. The van der Waals surface area contributed by atoms with Gasteiger partial charge in [0, 0.05) is 32.7 Å². The minimum Gasteiger partial charge on any atom is -0.497 e. The number of ether oxygens (including phenoxy) is 2. The van der Waals surface area contributed by atoms with Crippen LogP contribution in [-0.2, 0) is 16.1 Å². The molecule has 3 aliphatic heterocycles. The van der Waals surface area contributed by atoms with E-state index in [1.165, 1.54) is 19.3 Å². The Balaban J connectivity index is 1.30. The number of hydrogen-bond acceptors (Lipinski definition) is 4. The normalized spacial score (nSPS) is 25.9. The first kappa shape index (κ1) is 18.8. The second-order valence-corrected chi connectivity index (χ2v) is 8.57. The van der Waals surface area contributed by atoms with Crippen molar-refractivity contribution in [2.75, 3.05) is 39.9 Å². The van der Waals surface area contributed by atoms with E-state index in [2.05, 4.69) is 15.9 Å². The molecule has 3 fully saturated rings. The van der Waals surface area contributed by atoms with Gasteiger partial charge in [-0.1, -0.05) is 12.1 Å². The summed E-state index contributed by atoms with van der Waals surface area (Å²) in [5, 5.41) is 0. The molecule has 3 aliphatic rings. The molecule has 0 aromatic heterocycles. The highest BCUT2D eigenvalue weighted by molar-refractivity contribution is 5.79. The monoisotopic (exact) mass is 372 g/mol. The molecule has 148 valence electrons. The molecule has 3 heterocycles. The van der Waals surface area contributed by atoms with E-state index in [-0.39, 0.29) is 5.41 Å². The fourth-order valence-electron chi connectivity index (χ4n) is 4.90. The van der Waals surface area contributed by atoms with Crippen LogP contribution < -0.4 is 4.74 Å². The second-order valence-electron chi connectivity index (χ2n) is 8.57. The molecular formula is C22H32N2O3. The van der Waals surface area contributed by atoms with Crippen LogP contribution in [0.5, 0.6) is 5.75 Å². The molecule has 5 heteroatoms. The molecule has 1 amide bonds. The molecule has 1 spiro atoms. The predicted molar refractivity (Wildman–Crippen MR) is 105 cm³/mol. The van der Waals surface area contributed by atoms with E-state index >= 15 is 0 Å². The van der Waals surface area contributed by atoms with Crippen LogP contribution in [-0.4, -0.2) is 61.7 Å². The van der Waals surface area contributed by atoms with Crippen molar-refractivity contribution >= 4 is 5.91 Å². The largest absolute Gasteiger partial charge is 0.497 e. The van der Waals surface area contributed by atoms with Crippen LogP contribution in [0.4, 0.5) is 0 Å². The van der Waals surface area contributed by atoms with E-state index in [1.807, 2.05) is 18.2 Å². The Morgan fingerprint density at radius 1 is 1.26 bits per heavy atom. The summed E-state index contributed by atoms with van der Waals surface area (Å²) in [7, 11) is 1.68. The molecule has 5 nitrogen and oxygen atoms in total. The maximum atomic E-state index is 12.7. The molecule has 0 aliphatic carbocycles. The Morgan fingerprint density at radius 2 is 2.11 bits per heavy atom. The van der Waals surface area contributed by atoms with Gasteiger partial charge < -0.3 is 19.3 Å². The van der Waals surface area contributed by atoms with E-state index < -0.39 is 0 Å². The van der Waals surface area contributed by atoms with Crippen LogP contribution in [0.2, 0.25) is 0 Å². The Labute approximate surface area is 162 Å². The number of hydrogen-bond donors (Lipinski definition) is 0. The summed E-state index contributed by atoms with van der Waals surface area (Å²) in [6, 6.07) is 8.05. The third-order valence-electron chi connectivity index (χ3n) is 6.57. The van der Waals surface area contributed by atoms with E-state index in [4.69, 9.17) is 9.47 Å². The van der Waals surface area contributed by atoms with E-state index in [0.717, 1.165) is 56.9 Å². The lowest BCUT2D eigenvalue weighted by molar-refractivity contribution is -0.128. The van der Waals surface area contributed by atoms with Gasteiger partial charge in [0.2, 0.25) is 5.91 Å². The van der Waals surface area contributed by atoms with Crippen molar-refractivity contribution in [3.05, 3.63) is 29.8 Å². The van der Waals surface area contributed by atoms with Crippen molar-refractivity contribution in [1.82, 2.24) is 9.80 Å². The van der Waals surface area contributed by atoms with E-state index in [9.17, 15) is 4.79 Å². The molecule has 3 saturated heterocycles. The second kappa shape index (κ2) is 8.19. The fourth-order valence-corrected chi connectivity index (χ4v) is 4.90. The zero-order valence-electron chi connectivity index (χ0n) is 16.5. The molecule has 0 saturated carbocycles. The lowest BCUT2D eigenvalue weighted by Crippen LogP contribution is -2.45. The van der Waals surface area contributed by atoms with Gasteiger partial charge in [-0.05, 0) is 68.3 Å². The van der Waals surface area contributed by atoms with E-state index in [1.54, 1.807) is 7.11 Å². The number of carbonyl (C=O) groups is 1. The summed E-state index contributed by atoms with van der Waals surface area (Å²) < 4.78 is 11.2. The average Bonchev–Trinajstić information content (AvgIpc) is 2.99. The highest BCUT2D eigenvalue weighted by atomic mass is 16.5. The number of methoxy groups -OCH3 is 1. The van der Waals surface area contributed by atoms with Gasteiger partial charge in [0.25, 0.3) is 0 Å². The quantitative estimate of drug-likeness (QED) is 0.797. The van der Waals surface area contributed by atoms with Crippen molar-refractivity contribution in [2.45, 2.75) is 51.2 Å². The molecule has 4 rings (SSSR count). The van der Waals surface area contributed by atoms with Gasteiger partial charge in [0.1, 0.15) is 5.75 Å². The van der Waals surface area contributed by atoms with Crippen molar-refractivity contribution in [3.8, 4) is 5.75 Å². The standard InChI is InChI=1S/C22H32N2O3/c1-26-19-7-4-5-18(13-19)15-24-17-22(14-21(24)25)8-10-23(11-9-22)16-20-6-2-3-12-27-20/h4-5,7,13,20H,2-3,6,8-12,14-17H2,1H3/t20-/m1/s1. The minimum absolute atomic E-state index is 0.180. The third-order valence-corrected chi connectivity index (χ3v) is 6.57. The Morgan fingerprint density at radius 3 is 2.85 bits per heavy atom. The molecule has 27 heavy (non-hydrogen) atoms. The number of amides is 1. The zero-order valence-corrected chi connectivity index (χ0v) is 16.5. The van der Waals surface area contributed by atoms with Gasteiger partial charge in [-0.15, -0.1) is 0 Å². The van der Waals surface area contributed by atoms with Crippen LogP contribution in [0.25, 0.3) is 0 Å². The van der Waals surface area contributed by atoms with Crippen LogP contribution >= 0.6 is 0 Å². The minimum atomic E-state index is 0.180. The average molecular weight is 373 g/mol. The topological polar surface area (TPSA) is 42.0 Å². The zero-order chi connectivity index (χ0) is 18.7. The van der Waals surface area contributed by atoms with E-state index in [0.29, 0.717) is 25.0 Å². The molecular weight excluding hydrogens is 340 g/mol. The predicted octanol–water partition coefficient (Wildman–Crippen LogP) is 3.08. The van der Waals surface area contributed by atoms with Crippen molar-refractivity contribution < 1.29 is 14.3 Å². The maximum Gasteiger partial charge on any atom is 0.223 e. The van der Waals surface area contributed by atoms with Crippen molar-refractivity contribution in [2.24, 2.45) is 5.41 Å². The molecule has 1 aromatic rings. The number of rotatable bonds is 5. The summed E-state index contributed by atoms with van der Waals surface area (Å²) in [5.41, 5.74) is 1.33. The van der Waals surface area contributed by atoms with Gasteiger partial charge in [0.05, 0.1) is 13.2 Å². The Kier molecular flexibility index (Phi) is 5.69. The van der Waals surface area contributed by atoms with Crippen LogP contribution in [0.3, 0.4) is 0 Å². The number of carbonyl (C=O) groups excluding carboxylic acids is 1. The van der Waals surface area contributed by atoms with Gasteiger partial charge in [-0.25, -0.2) is 0 Å². The molecule has 0 unspecified atom stereocenters. The first-order valence-corrected chi connectivity index (χ1v) is 10.4. The van der Waals surface area contributed by atoms with Crippen molar-refractivity contribution in [1.29, 1.82) is 0 Å². The highest BCUT2D eigenvalue weighted by Gasteiger charge is 2.44. The number of piperidine rings is 1. The Bertz CT molecular complexity index is 649. The number of nitrogens with zero attached hydrogens (tertiary/aromatic N) is 2. The number of benzene rings is 1. The van der Waals surface area contributed by atoms with Crippen LogP contribution in [0.15, 0.2) is 24.3 Å². The number of likely N-dealkylation sites (tertiary alicyclic amines) is 2. The van der Waals surface area contributed by atoms with Crippen LogP contribution in [0.1, 0.15) is 44.1 Å². The van der Waals surface area contributed by atoms with Gasteiger partial charge in [0.15, 0.2) is 0 Å². The van der Waals surface area contributed by atoms with Crippen LogP contribution in [0, 0.1) is 5.41 Å². The van der Waals surface area contributed by atoms with Gasteiger partial charge in [-0.3, -0.25) is 4.79 Å². The highest BCUT2D eigenvalue weighted by Crippen LogP contribution is 2.41. The van der Waals surface area contributed by atoms with Crippen molar-refractivity contribution in [3.63, 3.8) is 0 Å². The molecule has 0 radical (unpaired) electrons. The summed E-state index contributed by atoms with van der Waals surface area (Å²) in [6.07, 6.45) is 7.10. The van der Waals surface area contributed by atoms with Gasteiger partial charge >= 0.3 is 0 Å². The molecule has 1 aromatic carbocycles. The molecule has 0 N–H and O–H groups in total. The SMILES string of the molecule is COc1cccc(CN2CC3(CCN(C[C@H]4CCCCO4)CC3)CC2=O)c1. The fraction of sp³-hybridized carbons (Fsp3) is 0.682. The first-order valence-electron chi connectivity index (χ1n) is 10.4. The molecule has 1 atom stereocenters. The summed E-state index contributed by atoms with van der Waals surface area (Å²) in [4.78, 5) is 17.3. The lowest BCUT2D eigenvalue weighted by Gasteiger charge is -2.40. The molecule has 0 bridgehead atoms. The Hall–Kier alpha value is -1.59. The summed E-state index contributed by atoms with van der Waals surface area (Å²) in [6.45, 7) is 5.78. The first-order chi connectivity index (χ1) is 13.2. The maximum absolute atomic E-state index is 12.7. The van der Waals surface area contributed by atoms with Gasteiger partial charge in [-0.2, -0.15) is 0 Å². The summed E-state index contributed by atoms with van der Waals surface area (Å²) in [5.74, 6) is 1.16. The third kappa shape index (κ3) is 4.46.